The molecule has 0 aromatic rings. The number of unbranched alkanes of at least 4 members (excludes halogenated alkanes) is 4. The van der Waals surface area contributed by atoms with Crippen molar-refractivity contribution in [2.75, 3.05) is 13.2 Å². The van der Waals surface area contributed by atoms with E-state index in [0.717, 1.165) is 25.7 Å². The molecule has 8 nitrogen and oxygen atoms in total. The Morgan fingerprint density at radius 3 is 2.09 bits per heavy atom. The van der Waals surface area contributed by atoms with E-state index in [2.05, 4.69) is 58.8 Å². The van der Waals surface area contributed by atoms with Crippen LogP contribution in [0.5, 0.6) is 0 Å². The first kappa shape index (κ1) is 35.9. The van der Waals surface area contributed by atoms with E-state index in [1.165, 1.54) is 0 Å². The fourth-order valence-corrected chi connectivity index (χ4v) is 2.23. The molecule has 0 aliphatic heterocycles. The molecule has 0 saturated carbocycles. The van der Waals surface area contributed by atoms with E-state index in [1.54, 1.807) is 6.92 Å². The first-order valence-corrected chi connectivity index (χ1v) is 10.7. The Morgan fingerprint density at radius 1 is 0.906 bits per heavy atom. The predicted octanol–water partition coefficient (Wildman–Crippen LogP) is -5.31. The monoisotopic (exact) mass is 480 g/mol. The Kier molecular flexibility index (Phi) is 26.3. The van der Waals surface area contributed by atoms with Gasteiger partial charge < -0.3 is 28.3 Å². The van der Waals surface area contributed by atoms with Crippen molar-refractivity contribution in [3.8, 4) is 47.4 Å². The molecule has 0 fully saturated rings. The third-order valence-corrected chi connectivity index (χ3v) is 3.67. The minimum Gasteiger partial charge on any atom is -0.790 e. The standard InChI is InChI=1S/C21H25O8P.2Na/c1-3-5-7-9-10-12-13-15-20(22)27-17-19(18-28-30(24,25)26)29-21(23)16-14-11-8-6-4-2;;/h19H,4,6,8,11,14,16-18H2,1-2H3,(H2,24,25,26);;/q;2*+1/p-2/t19-;;/m0../s1. The second-order valence-corrected chi connectivity index (χ2v) is 6.90. The molecular weight excluding hydrogens is 457 g/mol. The van der Waals surface area contributed by atoms with E-state index in [9.17, 15) is 23.9 Å². The number of ether oxygens (including phenoxy) is 2. The average Bonchev–Trinajstić information content (AvgIpc) is 2.68. The molecule has 0 rings (SSSR count). The molecule has 11 heteroatoms. The van der Waals surface area contributed by atoms with Crippen LogP contribution in [0.3, 0.4) is 0 Å². The quantitative estimate of drug-likeness (QED) is 0.0678. The zero-order valence-corrected chi connectivity index (χ0v) is 23.8. The van der Waals surface area contributed by atoms with Gasteiger partial charge in [-0.3, -0.25) is 4.79 Å². The van der Waals surface area contributed by atoms with Gasteiger partial charge in [0.15, 0.2) is 6.10 Å². The number of phosphoric ester groups is 1. The minimum atomic E-state index is -5.28. The fraction of sp³-hybridized carbons (Fsp3) is 0.524. The Hall–Kier alpha value is -0.710. The molecule has 32 heavy (non-hydrogen) atoms. The molecule has 0 aliphatic carbocycles. The van der Waals surface area contributed by atoms with Crippen LogP contribution in [0.1, 0.15) is 52.4 Å². The van der Waals surface area contributed by atoms with Crippen molar-refractivity contribution < 1.29 is 97.1 Å². The summed E-state index contributed by atoms with van der Waals surface area (Å²) in [6.07, 6.45) is 3.41. The minimum absolute atomic E-state index is 0. The van der Waals surface area contributed by atoms with Crippen molar-refractivity contribution in [1.29, 1.82) is 0 Å². The third kappa shape index (κ3) is 25.5. The molecule has 0 N–H and O–H groups in total. The van der Waals surface area contributed by atoms with Crippen LogP contribution in [-0.2, 0) is 28.2 Å². The van der Waals surface area contributed by atoms with E-state index in [0.29, 0.717) is 6.42 Å². The van der Waals surface area contributed by atoms with Gasteiger partial charge in [-0.15, -0.1) is 0 Å². The first-order valence-electron chi connectivity index (χ1n) is 9.24. The van der Waals surface area contributed by atoms with Gasteiger partial charge in [-0.25, -0.2) is 4.79 Å². The predicted molar refractivity (Wildman–Crippen MR) is 105 cm³/mol. The molecule has 0 amide bonds. The summed E-state index contributed by atoms with van der Waals surface area (Å²) in [7, 11) is -5.28. The number of hydrogen-bond acceptors (Lipinski definition) is 8. The zero-order chi connectivity index (χ0) is 22.7. The Balaban J connectivity index is -0.00000420. The number of hydrogen-bond donors (Lipinski definition) is 0. The summed E-state index contributed by atoms with van der Waals surface area (Å²) < 4.78 is 24.6. The molecule has 0 heterocycles. The van der Waals surface area contributed by atoms with Gasteiger partial charge in [0.05, 0.1) is 14.4 Å². The van der Waals surface area contributed by atoms with Gasteiger partial charge in [-0.2, -0.15) is 0 Å². The molecule has 0 spiro atoms. The van der Waals surface area contributed by atoms with Crippen LogP contribution >= 0.6 is 7.82 Å². The SMILES string of the molecule is CC#CC#CC#CC#CC(=O)OC[C@@H](COP(=O)([O-])[O-])OC(=O)CCCCCCC.[Na+].[Na+]. The number of carbonyl (C=O) groups is 2. The second-order valence-electron chi connectivity index (χ2n) is 5.74. The van der Waals surface area contributed by atoms with Gasteiger partial charge in [-0.05, 0) is 48.9 Å². The number of rotatable bonds is 12. The molecular formula is C21H23Na2O8P. The number of phosphoric acid groups is 1. The van der Waals surface area contributed by atoms with E-state index in [4.69, 9.17) is 9.47 Å². The van der Waals surface area contributed by atoms with E-state index < -0.39 is 39.1 Å². The summed E-state index contributed by atoms with van der Waals surface area (Å²) >= 11 is 0. The van der Waals surface area contributed by atoms with Crippen molar-refractivity contribution in [1.82, 2.24) is 0 Å². The van der Waals surface area contributed by atoms with Crippen LogP contribution in [0.25, 0.3) is 0 Å². The van der Waals surface area contributed by atoms with Gasteiger partial charge in [0, 0.05) is 12.3 Å². The smallest absolute Gasteiger partial charge is 0.790 e. The Bertz CT molecular complexity index is 853. The van der Waals surface area contributed by atoms with Gasteiger partial charge in [-0.1, -0.05) is 38.5 Å². The molecule has 162 valence electrons. The van der Waals surface area contributed by atoms with Gasteiger partial charge >= 0.3 is 71.1 Å². The molecule has 1 atom stereocenters. The molecule has 0 bridgehead atoms. The molecule has 0 saturated heterocycles. The largest absolute Gasteiger partial charge is 1.00 e. The van der Waals surface area contributed by atoms with Crippen LogP contribution in [0.15, 0.2) is 0 Å². The van der Waals surface area contributed by atoms with Crippen LogP contribution < -0.4 is 68.9 Å². The molecule has 0 aliphatic rings. The van der Waals surface area contributed by atoms with Gasteiger partial charge in [0.25, 0.3) is 0 Å². The summed E-state index contributed by atoms with van der Waals surface area (Å²) in [5.41, 5.74) is 0. The molecule has 0 radical (unpaired) electrons. The van der Waals surface area contributed by atoms with Crippen LogP contribution in [-0.4, -0.2) is 31.3 Å². The van der Waals surface area contributed by atoms with Crippen molar-refractivity contribution in [3.63, 3.8) is 0 Å². The van der Waals surface area contributed by atoms with E-state index >= 15 is 0 Å². The fourth-order valence-electron chi connectivity index (χ4n) is 1.88. The van der Waals surface area contributed by atoms with Crippen molar-refractivity contribution in [2.45, 2.75) is 58.5 Å². The van der Waals surface area contributed by atoms with Crippen molar-refractivity contribution >= 4 is 19.8 Å². The summed E-state index contributed by atoms with van der Waals surface area (Å²) in [4.78, 5) is 44.7. The van der Waals surface area contributed by atoms with Crippen molar-refractivity contribution in [2.24, 2.45) is 0 Å². The summed E-state index contributed by atoms with van der Waals surface area (Å²) in [6.45, 7) is 2.39. The van der Waals surface area contributed by atoms with Crippen LogP contribution in [0.4, 0.5) is 0 Å². The topological polar surface area (TPSA) is 125 Å². The van der Waals surface area contributed by atoms with Crippen LogP contribution in [0.2, 0.25) is 0 Å². The zero-order valence-electron chi connectivity index (χ0n) is 18.9. The summed E-state index contributed by atoms with van der Waals surface area (Å²) in [5.74, 6) is 17.1. The average molecular weight is 480 g/mol. The Labute approximate surface area is 234 Å². The van der Waals surface area contributed by atoms with Gasteiger partial charge in [0.2, 0.25) is 0 Å². The number of carbonyl (C=O) groups excluding carboxylic acids is 2. The molecule has 0 aromatic heterocycles. The van der Waals surface area contributed by atoms with Gasteiger partial charge in [0.1, 0.15) is 6.61 Å². The maximum atomic E-state index is 11.9. The Morgan fingerprint density at radius 2 is 1.50 bits per heavy atom. The maximum absolute atomic E-state index is 11.9. The maximum Gasteiger partial charge on any atom is 1.00 e. The molecule has 0 unspecified atom stereocenters. The normalized spacial score (nSPS) is 9.75. The van der Waals surface area contributed by atoms with Crippen LogP contribution in [0, 0.1) is 47.4 Å². The third-order valence-electron chi connectivity index (χ3n) is 3.20. The second kappa shape index (κ2) is 23.4. The first-order chi connectivity index (χ1) is 14.3. The molecule has 0 aromatic carbocycles. The summed E-state index contributed by atoms with van der Waals surface area (Å²) in [6, 6.07) is 0. The summed E-state index contributed by atoms with van der Waals surface area (Å²) in [5, 5.41) is 0. The van der Waals surface area contributed by atoms with Crippen molar-refractivity contribution in [3.05, 3.63) is 0 Å². The number of esters is 2. The van der Waals surface area contributed by atoms with E-state index in [1.807, 2.05) is 0 Å². The van der Waals surface area contributed by atoms with E-state index in [-0.39, 0.29) is 65.5 Å².